The van der Waals surface area contributed by atoms with Gasteiger partial charge >= 0.3 is 0 Å². The number of phenolic OH excluding ortho intramolecular Hbond substituents is 1. The van der Waals surface area contributed by atoms with Crippen LogP contribution >= 0.6 is 12.2 Å². The molecule has 1 aromatic carbocycles. The van der Waals surface area contributed by atoms with Crippen LogP contribution < -0.4 is 10.6 Å². The van der Waals surface area contributed by atoms with E-state index in [1.807, 2.05) is 0 Å². The van der Waals surface area contributed by atoms with Crippen molar-refractivity contribution in [2.24, 2.45) is 5.92 Å². The Kier molecular flexibility index (Phi) is 3.05. The molecule has 1 aromatic rings. The number of benzene rings is 1. The van der Waals surface area contributed by atoms with E-state index in [0.29, 0.717) is 5.69 Å². The van der Waals surface area contributed by atoms with Crippen LogP contribution in [0.4, 0.5) is 5.69 Å². The highest BCUT2D eigenvalue weighted by molar-refractivity contribution is 7.80. The highest BCUT2D eigenvalue weighted by atomic mass is 32.1. The van der Waals surface area contributed by atoms with E-state index in [1.54, 1.807) is 24.3 Å². The molecule has 0 aliphatic heterocycles. The summed E-state index contributed by atoms with van der Waals surface area (Å²) < 4.78 is 0. The van der Waals surface area contributed by atoms with E-state index in [-0.39, 0.29) is 22.7 Å². The minimum atomic E-state index is -0.0482. The number of thiocarbonyl (C=S) groups is 1. The minimum absolute atomic E-state index is 0.0482. The van der Waals surface area contributed by atoms with Crippen molar-refractivity contribution in [3.05, 3.63) is 24.3 Å². The van der Waals surface area contributed by atoms with Crippen molar-refractivity contribution in [1.82, 2.24) is 5.32 Å². The van der Waals surface area contributed by atoms with Crippen molar-refractivity contribution in [2.45, 2.75) is 12.8 Å². The second-order valence-corrected chi connectivity index (χ2v) is 4.14. The average Bonchev–Trinajstić information content (AvgIpc) is 3.04. The molecule has 0 atom stereocenters. The van der Waals surface area contributed by atoms with E-state index in [2.05, 4.69) is 10.6 Å². The molecule has 4 nitrogen and oxygen atoms in total. The van der Waals surface area contributed by atoms with Gasteiger partial charge in [0.1, 0.15) is 5.75 Å². The van der Waals surface area contributed by atoms with Crippen molar-refractivity contribution in [2.75, 3.05) is 5.32 Å². The molecule has 0 aromatic heterocycles. The first-order chi connectivity index (χ1) is 7.66. The number of hydrogen-bond donors (Lipinski definition) is 3. The van der Waals surface area contributed by atoms with E-state index < -0.39 is 0 Å². The summed E-state index contributed by atoms with van der Waals surface area (Å²) in [7, 11) is 0. The van der Waals surface area contributed by atoms with E-state index in [1.165, 1.54) is 0 Å². The Labute approximate surface area is 98.7 Å². The van der Waals surface area contributed by atoms with E-state index >= 15 is 0 Å². The average molecular weight is 236 g/mol. The van der Waals surface area contributed by atoms with Crippen LogP contribution in [0.3, 0.4) is 0 Å². The number of para-hydroxylation sites is 2. The molecule has 0 heterocycles. The van der Waals surface area contributed by atoms with Crippen molar-refractivity contribution in [3.8, 4) is 5.75 Å². The molecule has 1 aliphatic carbocycles. The van der Waals surface area contributed by atoms with Gasteiger partial charge < -0.3 is 15.7 Å². The van der Waals surface area contributed by atoms with Gasteiger partial charge in [-0.2, -0.15) is 0 Å². The van der Waals surface area contributed by atoms with Crippen LogP contribution in [0.5, 0.6) is 5.75 Å². The van der Waals surface area contributed by atoms with Crippen molar-refractivity contribution < 1.29 is 9.90 Å². The summed E-state index contributed by atoms with van der Waals surface area (Å²) in [5.41, 5.74) is 0.489. The summed E-state index contributed by atoms with van der Waals surface area (Å²) in [5.74, 6) is 0.169. The van der Waals surface area contributed by atoms with Crippen LogP contribution in [0.1, 0.15) is 12.8 Å². The zero-order valence-corrected chi connectivity index (χ0v) is 9.38. The van der Waals surface area contributed by atoms with Gasteiger partial charge in [0.15, 0.2) is 5.11 Å². The second kappa shape index (κ2) is 4.49. The number of hydrogen-bond acceptors (Lipinski definition) is 3. The maximum atomic E-state index is 11.4. The lowest BCUT2D eigenvalue weighted by molar-refractivity contribution is -0.120. The van der Waals surface area contributed by atoms with Crippen molar-refractivity contribution in [1.29, 1.82) is 0 Å². The Bertz CT molecular complexity index is 430. The van der Waals surface area contributed by atoms with Crippen LogP contribution in [0.2, 0.25) is 0 Å². The quantitative estimate of drug-likeness (QED) is 0.539. The Morgan fingerprint density at radius 2 is 2.06 bits per heavy atom. The molecule has 0 unspecified atom stereocenters. The maximum Gasteiger partial charge on any atom is 0.229 e. The number of rotatable bonds is 2. The molecule has 0 spiro atoms. The molecular weight excluding hydrogens is 224 g/mol. The van der Waals surface area contributed by atoms with Gasteiger partial charge in [0.2, 0.25) is 5.91 Å². The zero-order chi connectivity index (χ0) is 11.5. The van der Waals surface area contributed by atoms with E-state index in [0.717, 1.165) is 12.8 Å². The lowest BCUT2D eigenvalue weighted by atomic mass is 10.3. The summed E-state index contributed by atoms with van der Waals surface area (Å²) in [6, 6.07) is 6.72. The molecule has 2 rings (SSSR count). The molecule has 0 saturated heterocycles. The first kappa shape index (κ1) is 10.9. The van der Waals surface area contributed by atoms with E-state index in [4.69, 9.17) is 12.2 Å². The maximum absolute atomic E-state index is 11.4. The molecule has 1 aliphatic rings. The summed E-state index contributed by atoms with van der Waals surface area (Å²) in [5, 5.41) is 15.1. The number of anilines is 1. The van der Waals surface area contributed by atoms with Gasteiger partial charge in [0.05, 0.1) is 5.69 Å². The van der Waals surface area contributed by atoms with Gasteiger partial charge in [-0.3, -0.25) is 4.79 Å². The largest absolute Gasteiger partial charge is 0.506 e. The highest BCUT2D eigenvalue weighted by Crippen LogP contribution is 2.28. The fourth-order valence-electron chi connectivity index (χ4n) is 1.29. The molecule has 0 bridgehead atoms. The fraction of sp³-hybridized carbons (Fsp3) is 0.273. The number of carbonyl (C=O) groups is 1. The third-order valence-corrected chi connectivity index (χ3v) is 2.54. The first-order valence-electron chi connectivity index (χ1n) is 5.06. The standard InChI is InChI=1S/C11H12N2O2S/c14-9-4-2-1-3-8(9)12-11(16)13-10(15)7-5-6-7/h1-4,7,14H,5-6H2,(H2,12,13,15,16). The van der Waals surface area contributed by atoms with E-state index in [9.17, 15) is 9.90 Å². The Morgan fingerprint density at radius 3 is 2.69 bits per heavy atom. The predicted octanol–water partition coefficient (Wildman–Crippen LogP) is 1.62. The SMILES string of the molecule is O=C(NC(=S)Nc1ccccc1O)C1CC1. The third kappa shape index (κ3) is 2.70. The number of amides is 1. The normalized spacial score (nSPS) is 14.2. The molecule has 0 radical (unpaired) electrons. The van der Waals surface area contributed by atoms with Gasteiger partial charge in [-0.1, -0.05) is 12.1 Å². The van der Waals surface area contributed by atoms with Crippen LogP contribution in [-0.2, 0) is 4.79 Å². The number of aromatic hydroxyl groups is 1. The first-order valence-corrected chi connectivity index (χ1v) is 5.47. The number of phenols is 1. The lowest BCUT2D eigenvalue weighted by Crippen LogP contribution is -2.35. The third-order valence-electron chi connectivity index (χ3n) is 2.34. The van der Waals surface area contributed by atoms with Crippen LogP contribution in [0, 0.1) is 5.92 Å². The highest BCUT2D eigenvalue weighted by Gasteiger charge is 2.30. The molecule has 84 valence electrons. The molecule has 3 N–H and O–H groups in total. The number of nitrogens with one attached hydrogen (secondary N) is 2. The van der Waals surface area contributed by atoms with Gasteiger partial charge in [-0.25, -0.2) is 0 Å². The molecule has 1 fully saturated rings. The second-order valence-electron chi connectivity index (χ2n) is 3.73. The van der Waals surface area contributed by atoms with Crippen molar-refractivity contribution >= 4 is 28.9 Å². The molecule has 1 amide bonds. The van der Waals surface area contributed by atoms with Crippen LogP contribution in [0.25, 0.3) is 0 Å². The Hall–Kier alpha value is -1.62. The van der Waals surface area contributed by atoms with Crippen LogP contribution in [-0.4, -0.2) is 16.1 Å². The number of carbonyl (C=O) groups excluding carboxylic acids is 1. The van der Waals surface area contributed by atoms with Gasteiger partial charge in [0, 0.05) is 5.92 Å². The summed E-state index contributed by atoms with van der Waals surface area (Å²) in [4.78, 5) is 11.4. The van der Waals surface area contributed by atoms with Gasteiger partial charge in [-0.05, 0) is 37.2 Å². The van der Waals surface area contributed by atoms with Crippen LogP contribution in [0.15, 0.2) is 24.3 Å². The van der Waals surface area contributed by atoms with Gasteiger partial charge in [0.25, 0.3) is 0 Å². The Balaban J connectivity index is 1.91. The Morgan fingerprint density at radius 1 is 1.38 bits per heavy atom. The van der Waals surface area contributed by atoms with Gasteiger partial charge in [-0.15, -0.1) is 0 Å². The minimum Gasteiger partial charge on any atom is -0.506 e. The topological polar surface area (TPSA) is 61.4 Å². The molecular formula is C11H12N2O2S. The smallest absolute Gasteiger partial charge is 0.229 e. The molecule has 5 heteroatoms. The monoisotopic (exact) mass is 236 g/mol. The predicted molar refractivity (Wildman–Crippen MR) is 65.2 cm³/mol. The summed E-state index contributed by atoms with van der Waals surface area (Å²) in [6.45, 7) is 0. The summed E-state index contributed by atoms with van der Waals surface area (Å²) >= 11 is 4.96. The zero-order valence-electron chi connectivity index (χ0n) is 8.56. The van der Waals surface area contributed by atoms with Crippen molar-refractivity contribution in [3.63, 3.8) is 0 Å². The fourth-order valence-corrected chi connectivity index (χ4v) is 1.50. The lowest BCUT2D eigenvalue weighted by Gasteiger charge is -2.10. The molecule has 1 saturated carbocycles. The molecule has 16 heavy (non-hydrogen) atoms. The summed E-state index contributed by atoms with van der Waals surface area (Å²) in [6.07, 6.45) is 1.87.